The second-order valence-corrected chi connectivity index (χ2v) is 22.1. The van der Waals surface area contributed by atoms with Gasteiger partial charge in [0.05, 0.1) is 16.7 Å². The van der Waals surface area contributed by atoms with Gasteiger partial charge >= 0.3 is 0 Å². The van der Waals surface area contributed by atoms with Crippen molar-refractivity contribution in [3.05, 3.63) is 254 Å². The number of anilines is 3. The Bertz CT molecular complexity index is 4290. The van der Waals surface area contributed by atoms with Crippen LogP contribution in [0.25, 0.3) is 105 Å². The van der Waals surface area contributed by atoms with Crippen LogP contribution in [0.4, 0.5) is 17.1 Å². The summed E-state index contributed by atoms with van der Waals surface area (Å²) in [6.07, 6.45) is 0. The number of hydrogen-bond acceptors (Lipinski definition) is 2. The van der Waals surface area contributed by atoms with Gasteiger partial charge in [0.1, 0.15) is 11.2 Å². The molecule has 0 N–H and O–H groups in total. The Morgan fingerprint density at radius 2 is 0.853 bits per heavy atom. The lowest BCUT2D eigenvalue weighted by Crippen LogP contribution is -2.16. The minimum absolute atomic E-state index is 0.0275. The highest BCUT2D eigenvalue weighted by atomic mass is 16.3. The van der Waals surface area contributed by atoms with Crippen LogP contribution in [0.3, 0.4) is 0 Å². The third-order valence-corrected chi connectivity index (χ3v) is 15.3. The first-order chi connectivity index (χ1) is 36.5. The average Bonchev–Trinajstić information content (AvgIpc) is 4.06. The molecule has 0 saturated heterocycles. The number of nitrogens with zero attached hydrogens (tertiary/aromatic N) is 2. The monoisotopic (exact) mass is 966 g/mol. The molecule has 0 aliphatic carbocycles. The van der Waals surface area contributed by atoms with Gasteiger partial charge in [-0.25, -0.2) is 0 Å². The smallest absolute Gasteiger partial charge is 0.136 e. The Morgan fingerprint density at radius 3 is 1.55 bits per heavy atom. The molecule has 0 aliphatic heterocycles. The van der Waals surface area contributed by atoms with Gasteiger partial charge in [-0.2, -0.15) is 0 Å². The Morgan fingerprint density at radius 1 is 0.347 bits per heavy atom. The molecule has 362 valence electrons. The van der Waals surface area contributed by atoms with E-state index in [1.807, 2.05) is 6.07 Å². The molecule has 0 saturated carbocycles. The second kappa shape index (κ2) is 17.9. The van der Waals surface area contributed by atoms with Crippen LogP contribution in [0.15, 0.2) is 247 Å². The highest BCUT2D eigenvalue weighted by molar-refractivity contribution is 6.16. The topological polar surface area (TPSA) is 21.3 Å². The third-order valence-electron chi connectivity index (χ3n) is 15.3. The second-order valence-electron chi connectivity index (χ2n) is 22.1. The third kappa shape index (κ3) is 7.99. The zero-order valence-electron chi connectivity index (χ0n) is 43.4. The van der Waals surface area contributed by atoms with Crippen molar-refractivity contribution in [3.8, 4) is 50.2 Å². The molecule has 75 heavy (non-hydrogen) atoms. The van der Waals surface area contributed by atoms with Gasteiger partial charge in [0.2, 0.25) is 0 Å². The lowest BCUT2D eigenvalue weighted by Gasteiger charge is -2.29. The summed E-state index contributed by atoms with van der Waals surface area (Å²) < 4.78 is 8.85. The van der Waals surface area contributed by atoms with Crippen molar-refractivity contribution in [1.29, 1.82) is 0 Å². The zero-order chi connectivity index (χ0) is 51.0. The molecule has 13 aromatic rings. The maximum absolute atomic E-state index is 6.45. The highest BCUT2D eigenvalue weighted by Gasteiger charge is 2.25. The Labute approximate surface area is 439 Å². The van der Waals surface area contributed by atoms with Crippen molar-refractivity contribution >= 4 is 71.6 Å². The first-order valence-corrected chi connectivity index (χ1v) is 26.2. The van der Waals surface area contributed by atoms with Gasteiger partial charge in [-0.05, 0) is 138 Å². The van der Waals surface area contributed by atoms with E-state index in [0.717, 1.165) is 66.9 Å². The first kappa shape index (κ1) is 45.9. The molecule has 3 heteroatoms. The number of hydrogen-bond donors (Lipinski definition) is 0. The van der Waals surface area contributed by atoms with E-state index < -0.39 is 0 Å². The van der Waals surface area contributed by atoms with Crippen LogP contribution in [-0.2, 0) is 10.8 Å². The Balaban J connectivity index is 1.05. The quantitative estimate of drug-likeness (QED) is 0.151. The molecule has 11 aromatic carbocycles. The molecule has 0 fully saturated rings. The number of rotatable bonds is 8. The summed E-state index contributed by atoms with van der Waals surface area (Å²) in [5.74, 6) is 0. The molecule has 0 atom stereocenters. The van der Waals surface area contributed by atoms with E-state index in [0.29, 0.717) is 0 Å². The van der Waals surface area contributed by atoms with E-state index in [1.54, 1.807) is 0 Å². The predicted molar refractivity (Wildman–Crippen MR) is 319 cm³/mol. The fourth-order valence-electron chi connectivity index (χ4n) is 11.5. The maximum atomic E-state index is 6.45. The summed E-state index contributed by atoms with van der Waals surface area (Å²) >= 11 is 0. The summed E-state index contributed by atoms with van der Waals surface area (Å²) in [4.78, 5) is 2.47. The summed E-state index contributed by atoms with van der Waals surface area (Å²) in [6.45, 7) is 13.9. The van der Waals surface area contributed by atoms with Gasteiger partial charge in [0, 0.05) is 44.2 Å². The summed E-state index contributed by atoms with van der Waals surface area (Å²) in [5.41, 5.74) is 20.5. The van der Waals surface area contributed by atoms with Crippen LogP contribution in [0.2, 0.25) is 0 Å². The van der Waals surface area contributed by atoms with Crippen LogP contribution in [0.1, 0.15) is 52.7 Å². The van der Waals surface area contributed by atoms with Crippen molar-refractivity contribution in [2.45, 2.75) is 52.4 Å². The molecule has 2 heterocycles. The maximum Gasteiger partial charge on any atom is 0.136 e. The summed E-state index contributed by atoms with van der Waals surface area (Å²) in [7, 11) is 0. The number of furan rings is 1. The van der Waals surface area contributed by atoms with Crippen LogP contribution in [-0.4, -0.2) is 4.57 Å². The van der Waals surface area contributed by atoms with Gasteiger partial charge in [0.25, 0.3) is 0 Å². The van der Waals surface area contributed by atoms with Crippen LogP contribution < -0.4 is 4.90 Å². The zero-order valence-corrected chi connectivity index (χ0v) is 43.4. The summed E-state index contributed by atoms with van der Waals surface area (Å²) in [6, 6.07) is 89.2. The summed E-state index contributed by atoms with van der Waals surface area (Å²) in [5, 5.41) is 7.13. The molecule has 0 amide bonds. The molecule has 13 rings (SSSR count). The van der Waals surface area contributed by atoms with Gasteiger partial charge < -0.3 is 13.9 Å². The van der Waals surface area contributed by atoms with E-state index in [1.165, 1.54) is 66.0 Å². The lowest BCUT2D eigenvalue weighted by molar-refractivity contribution is 0.569. The van der Waals surface area contributed by atoms with Crippen LogP contribution in [0.5, 0.6) is 0 Å². The first-order valence-electron chi connectivity index (χ1n) is 26.2. The van der Waals surface area contributed by atoms with E-state index in [-0.39, 0.29) is 10.8 Å². The molecule has 0 aliphatic rings. The number of benzene rings is 11. The van der Waals surface area contributed by atoms with Crippen molar-refractivity contribution in [3.63, 3.8) is 0 Å². The minimum Gasteiger partial charge on any atom is -0.456 e. The van der Waals surface area contributed by atoms with Crippen molar-refractivity contribution in [2.75, 3.05) is 4.90 Å². The van der Waals surface area contributed by atoms with Gasteiger partial charge in [-0.15, -0.1) is 0 Å². The van der Waals surface area contributed by atoms with Gasteiger partial charge in [-0.1, -0.05) is 217 Å². The lowest BCUT2D eigenvalue weighted by atomic mass is 9.78. The average molecular weight is 967 g/mol. The largest absolute Gasteiger partial charge is 0.456 e. The fraction of sp³-hybridized carbons (Fsp3) is 0.111. The Kier molecular flexibility index (Phi) is 11.0. The van der Waals surface area contributed by atoms with Gasteiger partial charge in [-0.3, -0.25) is 0 Å². The molecular weight excluding hydrogens is 909 g/mol. The molecule has 0 bridgehead atoms. The van der Waals surface area contributed by atoms with E-state index in [4.69, 9.17) is 4.42 Å². The normalized spacial score (nSPS) is 12.1. The number of fused-ring (bicyclic) bond motifs is 7. The minimum atomic E-state index is -0.0275. The standard InChI is InChI=1S/C72H58N2O/c1-71(2,3)51-42-50(43-52(46-51)72(4,5)6)58-33-18-22-47-23-19-36-60(68(47)58)59-30-10-13-37-63(59)73(55-29-17-25-49(45-55)57-35-21-41-67-70(57)62-32-12-15-40-66(62)75-67)54-28-16-24-48(44-54)56-34-20-39-65-69(56)61-31-11-14-38-64(61)74(65)53-26-8-7-9-27-53/h7-46H,1-6H3. The van der Waals surface area contributed by atoms with E-state index >= 15 is 0 Å². The van der Waals surface area contributed by atoms with E-state index in [9.17, 15) is 0 Å². The molecule has 0 unspecified atom stereocenters. The van der Waals surface area contributed by atoms with Crippen LogP contribution >= 0.6 is 0 Å². The Hall–Kier alpha value is -8.92. The fourth-order valence-corrected chi connectivity index (χ4v) is 11.5. The van der Waals surface area contributed by atoms with Crippen molar-refractivity contribution in [2.24, 2.45) is 0 Å². The predicted octanol–water partition coefficient (Wildman–Crippen LogP) is 20.6. The molecule has 0 spiro atoms. The molecule has 2 aromatic heterocycles. The number of para-hydroxylation sites is 4. The van der Waals surface area contributed by atoms with Crippen LogP contribution in [0, 0.1) is 0 Å². The van der Waals surface area contributed by atoms with Gasteiger partial charge in [0.15, 0.2) is 0 Å². The van der Waals surface area contributed by atoms with Crippen molar-refractivity contribution < 1.29 is 4.42 Å². The van der Waals surface area contributed by atoms with E-state index in [2.05, 4.69) is 288 Å². The van der Waals surface area contributed by atoms with Crippen molar-refractivity contribution in [1.82, 2.24) is 4.57 Å². The molecule has 3 nitrogen and oxygen atoms in total. The molecule has 0 radical (unpaired) electrons. The molecular formula is C72H58N2O. The highest BCUT2D eigenvalue weighted by Crippen LogP contribution is 2.48. The number of aromatic nitrogens is 1. The SMILES string of the molecule is CC(C)(C)c1cc(-c2cccc3cccc(-c4ccccc4N(c4cccc(-c5cccc6oc7ccccc7c56)c4)c4cccc(-c5cccc6c5c5ccccc5n6-c5ccccc5)c4)c23)cc(C(C)(C)C)c1.